The lowest BCUT2D eigenvalue weighted by molar-refractivity contribution is 0.196. The van der Waals surface area contributed by atoms with Crippen molar-refractivity contribution in [1.29, 1.82) is 0 Å². The molecular formula is C22H27N7O3S. The predicted octanol–water partition coefficient (Wildman–Crippen LogP) is 3.15. The fraction of sp³-hybridized carbons (Fsp3) is 0.318. The summed E-state index contributed by atoms with van der Waals surface area (Å²) in [6.45, 7) is 4.51. The summed E-state index contributed by atoms with van der Waals surface area (Å²) in [5.74, 6) is 0.820. The van der Waals surface area contributed by atoms with Crippen LogP contribution in [-0.4, -0.2) is 48.2 Å². The van der Waals surface area contributed by atoms with Gasteiger partial charge in [0.25, 0.3) is 0 Å². The van der Waals surface area contributed by atoms with Crippen LogP contribution in [0.15, 0.2) is 36.4 Å². The number of anilines is 3. The molecule has 0 bridgehead atoms. The van der Waals surface area contributed by atoms with Crippen molar-refractivity contribution >= 4 is 50.9 Å². The number of hydrogen-bond acceptors (Lipinski definition) is 8. The summed E-state index contributed by atoms with van der Waals surface area (Å²) in [6.07, 6.45) is 0.847. The number of nitrogens with one attached hydrogen (secondary N) is 2. The molecule has 0 spiro atoms. The van der Waals surface area contributed by atoms with E-state index in [2.05, 4.69) is 22.7 Å². The quantitative estimate of drug-likeness (QED) is 0.407. The van der Waals surface area contributed by atoms with Crippen LogP contribution in [-0.2, 0) is 6.42 Å². The summed E-state index contributed by atoms with van der Waals surface area (Å²) in [4.78, 5) is 33.1. The number of aryl methyl sites for hydroxylation is 1. The van der Waals surface area contributed by atoms with Crippen LogP contribution in [0.3, 0.4) is 0 Å². The van der Waals surface area contributed by atoms with Crippen molar-refractivity contribution in [2.45, 2.75) is 19.8 Å². The normalized spacial score (nSPS) is 13.7. The zero-order valence-electron chi connectivity index (χ0n) is 18.3. The second-order valence-corrected chi connectivity index (χ2v) is 8.65. The van der Waals surface area contributed by atoms with Gasteiger partial charge in [0, 0.05) is 31.6 Å². The fourth-order valence-electron chi connectivity index (χ4n) is 3.82. The molecule has 0 unspecified atom stereocenters. The molecule has 4 rings (SSSR count). The second kappa shape index (κ2) is 9.82. The Morgan fingerprint density at radius 3 is 2.58 bits per heavy atom. The molecule has 3 heterocycles. The van der Waals surface area contributed by atoms with Crippen LogP contribution in [0.25, 0.3) is 10.2 Å². The third-order valence-corrected chi connectivity index (χ3v) is 6.40. The summed E-state index contributed by atoms with van der Waals surface area (Å²) in [6, 6.07) is 11.3. The number of pyridine rings is 1. The van der Waals surface area contributed by atoms with Crippen molar-refractivity contribution < 1.29 is 14.3 Å². The van der Waals surface area contributed by atoms with E-state index in [1.165, 1.54) is 11.3 Å². The highest BCUT2D eigenvalue weighted by atomic mass is 32.1. The summed E-state index contributed by atoms with van der Waals surface area (Å²) in [5.41, 5.74) is 19.3. The van der Waals surface area contributed by atoms with Gasteiger partial charge in [0.05, 0.1) is 11.4 Å². The second-order valence-electron chi connectivity index (χ2n) is 7.69. The maximum Gasteiger partial charge on any atom is 0.410 e. The fourth-order valence-corrected chi connectivity index (χ4v) is 4.82. The zero-order valence-corrected chi connectivity index (χ0v) is 19.2. The first-order valence-corrected chi connectivity index (χ1v) is 11.6. The van der Waals surface area contributed by atoms with Crippen LogP contribution in [0, 0.1) is 0 Å². The number of carbonyl (C=O) groups excluding carboxylic acids is 2. The highest BCUT2D eigenvalue weighted by molar-refractivity contribution is 7.21. The molecule has 1 aromatic carbocycles. The third kappa shape index (κ3) is 5.03. The highest BCUT2D eigenvalue weighted by Gasteiger charge is 2.24. The van der Waals surface area contributed by atoms with E-state index in [0.717, 1.165) is 35.3 Å². The Labute approximate surface area is 195 Å². The largest absolute Gasteiger partial charge is 0.410 e. The number of benzene rings is 1. The summed E-state index contributed by atoms with van der Waals surface area (Å²) in [7, 11) is 0. The number of carbonyl (C=O) groups is 2. The van der Waals surface area contributed by atoms with E-state index in [-0.39, 0.29) is 11.1 Å². The van der Waals surface area contributed by atoms with Crippen molar-refractivity contribution in [3.63, 3.8) is 0 Å². The smallest absolute Gasteiger partial charge is 0.397 e. The summed E-state index contributed by atoms with van der Waals surface area (Å²) < 4.78 is 5.07. The minimum Gasteiger partial charge on any atom is -0.397 e. The van der Waals surface area contributed by atoms with E-state index in [4.69, 9.17) is 21.2 Å². The van der Waals surface area contributed by atoms with Gasteiger partial charge in [0.2, 0.25) is 5.06 Å². The van der Waals surface area contributed by atoms with Gasteiger partial charge < -0.3 is 26.0 Å². The number of piperazine rings is 1. The molecular weight excluding hydrogens is 442 g/mol. The standard InChI is InChI=1S/C22H27N7O3S/c1-2-6-14-13-16(25-19-17(14)18(23)20(33-19)32-21(24)30)28-9-11-29(12-10-28)22(31)27-26-15-7-4-3-5-8-15/h3-5,7-8,13,26H,2,6,9-12,23H2,1H3,(H2,24,30)(H,27,31). The molecule has 11 heteroatoms. The van der Waals surface area contributed by atoms with Crippen LogP contribution in [0.2, 0.25) is 0 Å². The predicted molar refractivity (Wildman–Crippen MR) is 131 cm³/mol. The van der Waals surface area contributed by atoms with Crippen LogP contribution in [0.4, 0.5) is 26.8 Å². The number of fused-ring (bicyclic) bond motifs is 1. The molecule has 0 atom stereocenters. The molecule has 1 fully saturated rings. The van der Waals surface area contributed by atoms with Crippen LogP contribution < -0.4 is 32.0 Å². The molecule has 33 heavy (non-hydrogen) atoms. The zero-order chi connectivity index (χ0) is 23.4. The van der Waals surface area contributed by atoms with Gasteiger partial charge in [0.15, 0.2) is 0 Å². The van der Waals surface area contributed by atoms with E-state index in [1.54, 1.807) is 4.90 Å². The van der Waals surface area contributed by atoms with Crippen LogP contribution in [0.1, 0.15) is 18.9 Å². The van der Waals surface area contributed by atoms with Gasteiger partial charge in [-0.05, 0) is 30.2 Å². The number of amides is 3. The Balaban J connectivity index is 1.46. The lowest BCUT2D eigenvalue weighted by atomic mass is 10.1. The van der Waals surface area contributed by atoms with Gasteiger partial charge in [-0.3, -0.25) is 10.9 Å². The topological polar surface area (TPSA) is 139 Å². The Hall–Kier alpha value is -3.73. The molecule has 1 aliphatic heterocycles. The van der Waals surface area contributed by atoms with Gasteiger partial charge in [-0.2, -0.15) is 0 Å². The maximum atomic E-state index is 12.5. The van der Waals surface area contributed by atoms with E-state index >= 15 is 0 Å². The van der Waals surface area contributed by atoms with Gasteiger partial charge in [-0.1, -0.05) is 42.9 Å². The number of urea groups is 1. The number of para-hydroxylation sites is 1. The average Bonchev–Trinajstić information content (AvgIpc) is 3.13. The number of ether oxygens (including phenoxy) is 1. The first-order chi connectivity index (χ1) is 16.0. The molecule has 0 saturated carbocycles. The molecule has 0 aliphatic carbocycles. The number of primary amides is 1. The summed E-state index contributed by atoms with van der Waals surface area (Å²) >= 11 is 1.21. The number of rotatable bonds is 6. The molecule has 3 aromatic rings. The molecule has 174 valence electrons. The Morgan fingerprint density at radius 1 is 1.18 bits per heavy atom. The maximum absolute atomic E-state index is 12.5. The van der Waals surface area contributed by atoms with Gasteiger partial charge in [-0.25, -0.2) is 14.6 Å². The lowest BCUT2D eigenvalue weighted by Gasteiger charge is -2.35. The number of aromatic nitrogens is 1. The SMILES string of the molecule is CCCc1cc(N2CCN(C(=O)NNc3ccccc3)CC2)nc2sc(OC(N)=O)c(N)c12. The molecule has 3 amide bonds. The van der Waals surface area contributed by atoms with E-state index in [9.17, 15) is 9.59 Å². The van der Waals surface area contributed by atoms with Gasteiger partial charge >= 0.3 is 12.1 Å². The Kier molecular flexibility index (Phi) is 6.68. The van der Waals surface area contributed by atoms with Gasteiger partial charge in [0.1, 0.15) is 10.6 Å². The third-order valence-electron chi connectivity index (χ3n) is 5.42. The van der Waals surface area contributed by atoms with Crippen LogP contribution in [0.5, 0.6) is 5.06 Å². The van der Waals surface area contributed by atoms with Gasteiger partial charge in [-0.15, -0.1) is 0 Å². The monoisotopic (exact) mass is 469 g/mol. The molecule has 1 saturated heterocycles. The van der Waals surface area contributed by atoms with E-state index in [1.807, 2.05) is 36.4 Å². The number of nitrogens with zero attached hydrogens (tertiary/aromatic N) is 3. The van der Waals surface area contributed by atoms with Crippen molar-refractivity contribution in [1.82, 2.24) is 15.3 Å². The van der Waals surface area contributed by atoms with E-state index < -0.39 is 6.09 Å². The number of nitrogen functional groups attached to an aromatic ring is 1. The summed E-state index contributed by atoms with van der Waals surface area (Å²) in [5, 5.41) is 1.08. The lowest BCUT2D eigenvalue weighted by Crippen LogP contribution is -2.53. The van der Waals surface area contributed by atoms with Crippen molar-refractivity contribution in [2.24, 2.45) is 5.73 Å². The van der Waals surface area contributed by atoms with Crippen molar-refractivity contribution in [3.8, 4) is 5.06 Å². The van der Waals surface area contributed by atoms with Crippen molar-refractivity contribution in [3.05, 3.63) is 42.0 Å². The van der Waals surface area contributed by atoms with Crippen molar-refractivity contribution in [2.75, 3.05) is 42.2 Å². The first-order valence-electron chi connectivity index (χ1n) is 10.8. The average molecular weight is 470 g/mol. The minimum atomic E-state index is -0.901. The molecule has 1 aliphatic rings. The molecule has 6 N–H and O–H groups in total. The minimum absolute atomic E-state index is 0.173. The number of thiophene rings is 1. The number of hydrazine groups is 1. The number of nitrogens with two attached hydrogens (primary N) is 2. The number of hydrogen-bond donors (Lipinski definition) is 4. The highest BCUT2D eigenvalue weighted by Crippen LogP contribution is 2.42. The first kappa shape index (κ1) is 22.5. The Bertz CT molecular complexity index is 1140. The van der Waals surface area contributed by atoms with Crippen LogP contribution >= 0.6 is 11.3 Å². The molecule has 10 nitrogen and oxygen atoms in total. The molecule has 0 radical (unpaired) electrons. The Morgan fingerprint density at radius 2 is 1.91 bits per heavy atom. The molecule has 2 aromatic heterocycles. The van der Waals surface area contributed by atoms with E-state index in [0.29, 0.717) is 36.7 Å².